The number of methoxy groups -OCH3 is 2. The van der Waals surface area contributed by atoms with Crippen LogP contribution in [0.1, 0.15) is 12.0 Å². The van der Waals surface area contributed by atoms with Gasteiger partial charge in [0.15, 0.2) is 11.5 Å². The summed E-state index contributed by atoms with van der Waals surface area (Å²) in [4.78, 5) is 17.2. The molecule has 1 heterocycles. The molecule has 31 heavy (non-hydrogen) atoms. The monoisotopic (exact) mass is 422 g/mol. The maximum absolute atomic E-state index is 13.2. The van der Waals surface area contributed by atoms with Crippen molar-refractivity contribution >= 4 is 11.7 Å². The number of aromatic nitrogens is 1. The first kappa shape index (κ1) is 20.7. The smallest absolute Gasteiger partial charge is 0.229 e. The number of amides is 1. The predicted octanol–water partition coefficient (Wildman–Crippen LogP) is 4.21. The molecule has 160 valence electrons. The second kappa shape index (κ2) is 8.63. The first-order valence-electron chi connectivity index (χ1n) is 9.88. The van der Waals surface area contributed by atoms with E-state index in [4.69, 9.17) is 14.2 Å². The van der Waals surface area contributed by atoms with Crippen LogP contribution in [0.25, 0.3) is 0 Å². The molecule has 0 aliphatic heterocycles. The van der Waals surface area contributed by atoms with Crippen LogP contribution in [-0.2, 0) is 10.2 Å². The summed E-state index contributed by atoms with van der Waals surface area (Å²) in [6.45, 7) is 0.258. The minimum absolute atomic E-state index is 0.129. The van der Waals surface area contributed by atoms with E-state index in [1.54, 1.807) is 44.7 Å². The average molecular weight is 422 g/mol. The van der Waals surface area contributed by atoms with Crippen LogP contribution in [0.4, 0.5) is 10.2 Å². The summed E-state index contributed by atoms with van der Waals surface area (Å²) in [7, 11) is 3.15. The zero-order valence-electron chi connectivity index (χ0n) is 17.3. The van der Waals surface area contributed by atoms with Crippen LogP contribution in [-0.4, -0.2) is 31.7 Å². The zero-order chi connectivity index (χ0) is 21.8. The highest BCUT2D eigenvalue weighted by Gasteiger charge is 2.60. The molecule has 1 saturated carbocycles. The number of ether oxygens (including phenoxy) is 3. The predicted molar refractivity (Wildman–Crippen MR) is 114 cm³/mol. The van der Waals surface area contributed by atoms with Crippen molar-refractivity contribution in [2.75, 3.05) is 26.1 Å². The lowest BCUT2D eigenvalue weighted by atomic mass is 9.93. The van der Waals surface area contributed by atoms with Gasteiger partial charge in [-0.2, -0.15) is 0 Å². The second-order valence-electron chi connectivity index (χ2n) is 7.43. The first-order valence-corrected chi connectivity index (χ1v) is 9.88. The molecule has 0 bridgehead atoms. The summed E-state index contributed by atoms with van der Waals surface area (Å²) in [5, 5.41) is 2.87. The standard InChI is InChI=1S/C24H23FN2O4/c1-29-20-11-6-16(13-21(20)30-2)24(15-31-18-9-7-17(25)8-10-18)14-19(24)23(28)27-22-5-3-4-12-26-22/h3-13,19H,14-15H2,1-2H3,(H,26,27,28). The Balaban J connectivity index is 1.60. The average Bonchev–Trinajstić information content (AvgIpc) is 3.55. The van der Waals surface area contributed by atoms with Crippen LogP contribution in [0.5, 0.6) is 17.2 Å². The van der Waals surface area contributed by atoms with Gasteiger partial charge < -0.3 is 19.5 Å². The summed E-state index contributed by atoms with van der Waals surface area (Å²) < 4.78 is 30.0. The number of carbonyl (C=O) groups excluding carboxylic acids is 1. The highest BCUT2D eigenvalue weighted by atomic mass is 19.1. The summed E-state index contributed by atoms with van der Waals surface area (Å²) in [6, 6.07) is 16.8. The number of nitrogens with one attached hydrogen (secondary N) is 1. The number of nitrogens with zero attached hydrogens (tertiary/aromatic N) is 1. The fourth-order valence-corrected chi connectivity index (χ4v) is 3.75. The van der Waals surface area contributed by atoms with E-state index in [-0.39, 0.29) is 24.2 Å². The third-order valence-electron chi connectivity index (χ3n) is 5.58. The molecule has 0 saturated heterocycles. The van der Waals surface area contributed by atoms with Crippen LogP contribution in [0.15, 0.2) is 66.9 Å². The van der Waals surface area contributed by atoms with E-state index in [1.165, 1.54) is 12.1 Å². The van der Waals surface area contributed by atoms with Crippen molar-refractivity contribution in [1.29, 1.82) is 0 Å². The molecule has 1 amide bonds. The quantitative estimate of drug-likeness (QED) is 0.589. The van der Waals surface area contributed by atoms with Gasteiger partial charge in [0.25, 0.3) is 0 Å². The van der Waals surface area contributed by atoms with Crippen molar-refractivity contribution in [1.82, 2.24) is 4.98 Å². The van der Waals surface area contributed by atoms with E-state index in [0.29, 0.717) is 29.5 Å². The molecule has 1 fully saturated rings. The second-order valence-corrected chi connectivity index (χ2v) is 7.43. The SMILES string of the molecule is COc1ccc(C2(COc3ccc(F)cc3)CC2C(=O)Nc2ccccn2)cc1OC. The summed E-state index contributed by atoms with van der Waals surface area (Å²) in [5.74, 6) is 1.45. The molecule has 1 N–H and O–H groups in total. The Morgan fingerprint density at radius 3 is 2.55 bits per heavy atom. The number of hydrogen-bond acceptors (Lipinski definition) is 5. The fraction of sp³-hybridized carbons (Fsp3) is 0.250. The lowest BCUT2D eigenvalue weighted by Gasteiger charge is -2.20. The van der Waals surface area contributed by atoms with Crippen LogP contribution >= 0.6 is 0 Å². The van der Waals surface area contributed by atoms with Gasteiger partial charge in [0, 0.05) is 11.6 Å². The van der Waals surface area contributed by atoms with E-state index in [0.717, 1.165) is 5.56 Å². The lowest BCUT2D eigenvalue weighted by molar-refractivity contribution is -0.117. The van der Waals surface area contributed by atoms with Crippen molar-refractivity contribution in [2.24, 2.45) is 5.92 Å². The van der Waals surface area contributed by atoms with E-state index >= 15 is 0 Å². The molecule has 1 aliphatic rings. The van der Waals surface area contributed by atoms with Gasteiger partial charge in [-0.15, -0.1) is 0 Å². The molecule has 0 spiro atoms. The number of anilines is 1. The molecule has 4 rings (SSSR count). The van der Waals surface area contributed by atoms with Crippen LogP contribution in [0.2, 0.25) is 0 Å². The Morgan fingerprint density at radius 2 is 1.87 bits per heavy atom. The number of halogens is 1. The van der Waals surface area contributed by atoms with Crippen molar-refractivity contribution in [2.45, 2.75) is 11.8 Å². The molecule has 2 unspecified atom stereocenters. The molecular weight excluding hydrogens is 399 g/mol. The highest BCUT2D eigenvalue weighted by Crippen LogP contribution is 2.56. The van der Waals surface area contributed by atoms with Gasteiger partial charge in [-0.3, -0.25) is 4.79 Å². The van der Waals surface area contributed by atoms with E-state index in [2.05, 4.69) is 10.3 Å². The molecule has 1 aliphatic carbocycles. The van der Waals surface area contributed by atoms with Crippen LogP contribution in [0.3, 0.4) is 0 Å². The van der Waals surface area contributed by atoms with Crippen LogP contribution in [0, 0.1) is 11.7 Å². The summed E-state index contributed by atoms with van der Waals surface area (Å²) in [6.07, 6.45) is 2.23. The van der Waals surface area contributed by atoms with Gasteiger partial charge in [0.05, 0.1) is 26.7 Å². The van der Waals surface area contributed by atoms with Gasteiger partial charge in [0.1, 0.15) is 17.4 Å². The fourth-order valence-electron chi connectivity index (χ4n) is 3.75. The lowest BCUT2D eigenvalue weighted by Crippen LogP contribution is -2.26. The molecule has 3 aromatic rings. The zero-order valence-corrected chi connectivity index (χ0v) is 17.3. The minimum Gasteiger partial charge on any atom is -0.493 e. The molecule has 2 aromatic carbocycles. The molecule has 1 aromatic heterocycles. The van der Waals surface area contributed by atoms with E-state index < -0.39 is 5.41 Å². The van der Waals surface area contributed by atoms with Crippen LogP contribution < -0.4 is 19.5 Å². The van der Waals surface area contributed by atoms with Gasteiger partial charge in [-0.25, -0.2) is 9.37 Å². The highest BCUT2D eigenvalue weighted by molar-refractivity contribution is 5.95. The largest absolute Gasteiger partial charge is 0.493 e. The maximum atomic E-state index is 13.2. The van der Waals surface area contributed by atoms with E-state index in [1.807, 2.05) is 24.3 Å². The maximum Gasteiger partial charge on any atom is 0.229 e. The Hall–Kier alpha value is -3.61. The Bertz CT molecular complexity index is 1060. The Kier molecular flexibility index (Phi) is 5.75. The minimum atomic E-state index is -0.549. The summed E-state index contributed by atoms with van der Waals surface area (Å²) >= 11 is 0. The first-order chi connectivity index (χ1) is 15.1. The van der Waals surface area contributed by atoms with Gasteiger partial charge in [-0.05, 0) is 60.5 Å². The van der Waals surface area contributed by atoms with Crippen molar-refractivity contribution < 1.29 is 23.4 Å². The Morgan fingerprint density at radius 1 is 1.10 bits per heavy atom. The summed E-state index contributed by atoms with van der Waals surface area (Å²) in [5.41, 5.74) is 0.362. The van der Waals surface area contributed by atoms with Crippen molar-refractivity contribution in [3.8, 4) is 17.2 Å². The van der Waals surface area contributed by atoms with Gasteiger partial charge in [0.2, 0.25) is 5.91 Å². The molecule has 6 nitrogen and oxygen atoms in total. The number of benzene rings is 2. The molecule has 7 heteroatoms. The number of hydrogen-bond donors (Lipinski definition) is 1. The third kappa shape index (κ3) is 4.30. The number of pyridine rings is 1. The normalized spacial score (nSPS) is 19.4. The Labute approximate surface area is 180 Å². The van der Waals surface area contributed by atoms with E-state index in [9.17, 15) is 9.18 Å². The van der Waals surface area contributed by atoms with Gasteiger partial charge >= 0.3 is 0 Å². The molecule has 2 atom stereocenters. The number of rotatable bonds is 8. The number of carbonyl (C=O) groups is 1. The third-order valence-corrected chi connectivity index (χ3v) is 5.58. The van der Waals surface area contributed by atoms with Crippen molar-refractivity contribution in [3.63, 3.8) is 0 Å². The molecular formula is C24H23FN2O4. The topological polar surface area (TPSA) is 69.7 Å². The molecule has 0 radical (unpaired) electrons. The van der Waals surface area contributed by atoms with Crippen molar-refractivity contribution in [3.05, 3.63) is 78.2 Å². The van der Waals surface area contributed by atoms with Gasteiger partial charge in [-0.1, -0.05) is 12.1 Å².